The highest BCUT2D eigenvalue weighted by Crippen LogP contribution is 2.27. The molecule has 0 unspecified atom stereocenters. The number of nitrogens with zero attached hydrogens (tertiary/aromatic N) is 4. The van der Waals surface area contributed by atoms with E-state index in [9.17, 15) is 4.79 Å². The number of rotatable bonds is 6. The maximum Gasteiger partial charge on any atom is 0.275 e. The monoisotopic (exact) mass is 456 g/mol. The molecule has 0 saturated heterocycles. The van der Waals surface area contributed by atoms with Gasteiger partial charge in [0.05, 0.1) is 18.2 Å². The molecule has 0 aliphatic rings. The minimum Gasteiger partial charge on any atom is -0.497 e. The molecule has 8 heteroatoms. The summed E-state index contributed by atoms with van der Waals surface area (Å²) in [5.41, 5.74) is 2.20. The number of hydrogen-bond acceptors (Lipinski definition) is 7. The molecule has 0 N–H and O–H groups in total. The van der Waals surface area contributed by atoms with Crippen LogP contribution in [0.5, 0.6) is 5.75 Å². The lowest BCUT2D eigenvalue weighted by Gasteiger charge is -2.10. The Morgan fingerprint density at radius 1 is 0.939 bits per heavy atom. The molecule has 2 aromatic heterocycles. The van der Waals surface area contributed by atoms with E-state index >= 15 is 0 Å². The lowest BCUT2D eigenvalue weighted by molar-refractivity contribution is 0.364. The third-order valence-electron chi connectivity index (χ3n) is 5.33. The van der Waals surface area contributed by atoms with E-state index in [1.54, 1.807) is 24.9 Å². The molecule has 164 valence electrons. The molecule has 0 aliphatic carbocycles. The molecule has 2 heterocycles. The van der Waals surface area contributed by atoms with Crippen molar-refractivity contribution < 1.29 is 9.26 Å². The summed E-state index contributed by atoms with van der Waals surface area (Å²) in [6, 6.07) is 22.9. The van der Waals surface area contributed by atoms with E-state index in [0.717, 1.165) is 27.2 Å². The van der Waals surface area contributed by atoms with Crippen molar-refractivity contribution in [1.29, 1.82) is 0 Å². The van der Waals surface area contributed by atoms with Crippen molar-refractivity contribution in [3.63, 3.8) is 0 Å². The van der Waals surface area contributed by atoms with Crippen molar-refractivity contribution in [2.75, 3.05) is 13.4 Å². The average Bonchev–Trinajstić information content (AvgIpc) is 3.34. The topological polar surface area (TPSA) is 83.0 Å². The molecule has 7 nitrogen and oxygen atoms in total. The number of ether oxygens (including phenoxy) is 1. The van der Waals surface area contributed by atoms with Crippen LogP contribution in [0.25, 0.3) is 33.4 Å². The van der Waals surface area contributed by atoms with E-state index in [2.05, 4.69) is 15.2 Å². The van der Waals surface area contributed by atoms with Crippen molar-refractivity contribution in [2.24, 2.45) is 0 Å². The summed E-state index contributed by atoms with van der Waals surface area (Å²) in [4.78, 5) is 18.8. The van der Waals surface area contributed by atoms with Crippen molar-refractivity contribution in [3.8, 4) is 28.4 Å². The molecule has 0 spiro atoms. The van der Waals surface area contributed by atoms with Crippen molar-refractivity contribution >= 4 is 22.5 Å². The second kappa shape index (κ2) is 8.91. The molecule has 0 bridgehead atoms. The Kier molecular flexibility index (Phi) is 5.66. The summed E-state index contributed by atoms with van der Waals surface area (Å²) in [6.45, 7) is 0.0721. The number of benzene rings is 3. The first-order chi connectivity index (χ1) is 16.2. The molecule has 0 fully saturated rings. The number of fused-ring (bicyclic) bond motifs is 1. The van der Waals surface area contributed by atoms with Crippen LogP contribution < -0.4 is 10.3 Å². The van der Waals surface area contributed by atoms with Gasteiger partial charge in [-0.2, -0.15) is 10.1 Å². The average molecular weight is 457 g/mol. The Balaban J connectivity index is 1.54. The highest BCUT2D eigenvalue weighted by Gasteiger charge is 2.15. The summed E-state index contributed by atoms with van der Waals surface area (Å²) in [6.07, 6.45) is 2.02. The molecule has 33 heavy (non-hydrogen) atoms. The van der Waals surface area contributed by atoms with E-state index in [1.807, 2.05) is 73.0 Å². The maximum absolute atomic E-state index is 13.2. The SMILES string of the molecule is COc1ccc(-c2nn(Cc3nc(-c4ccc(SC)cc4)no3)c(=O)c3ccccc23)cc1. The van der Waals surface area contributed by atoms with Crippen molar-refractivity contribution in [2.45, 2.75) is 11.4 Å². The lowest BCUT2D eigenvalue weighted by Crippen LogP contribution is -2.24. The Bertz CT molecular complexity index is 1470. The quantitative estimate of drug-likeness (QED) is 0.336. The molecule has 5 rings (SSSR count). The van der Waals surface area contributed by atoms with E-state index in [-0.39, 0.29) is 12.1 Å². The molecule has 0 saturated carbocycles. The largest absolute Gasteiger partial charge is 0.497 e. The van der Waals surface area contributed by atoms with Gasteiger partial charge in [0.25, 0.3) is 5.56 Å². The fraction of sp³-hybridized carbons (Fsp3) is 0.120. The van der Waals surface area contributed by atoms with Crippen LogP contribution in [-0.4, -0.2) is 33.3 Å². The minimum atomic E-state index is -0.216. The number of thioether (sulfide) groups is 1. The van der Waals surface area contributed by atoms with Gasteiger partial charge in [-0.3, -0.25) is 4.79 Å². The smallest absolute Gasteiger partial charge is 0.275 e. The molecule has 0 amide bonds. The van der Waals surface area contributed by atoms with E-state index in [1.165, 1.54) is 4.68 Å². The predicted octanol–water partition coefficient (Wildman–Crippen LogP) is 4.89. The van der Waals surface area contributed by atoms with Crippen LogP contribution in [0.2, 0.25) is 0 Å². The number of hydrogen-bond donors (Lipinski definition) is 0. The molecule has 0 atom stereocenters. The van der Waals surface area contributed by atoms with Gasteiger partial charge in [-0.15, -0.1) is 11.8 Å². The van der Waals surface area contributed by atoms with Crippen LogP contribution in [0.4, 0.5) is 0 Å². The van der Waals surface area contributed by atoms with Gasteiger partial charge in [-0.1, -0.05) is 23.4 Å². The van der Waals surface area contributed by atoms with Gasteiger partial charge in [0.15, 0.2) is 0 Å². The van der Waals surface area contributed by atoms with Crippen molar-refractivity contribution in [1.82, 2.24) is 19.9 Å². The summed E-state index contributed by atoms with van der Waals surface area (Å²) >= 11 is 1.67. The van der Waals surface area contributed by atoms with E-state index in [4.69, 9.17) is 9.26 Å². The van der Waals surface area contributed by atoms with Gasteiger partial charge in [-0.25, -0.2) is 4.68 Å². The fourth-order valence-electron chi connectivity index (χ4n) is 3.61. The van der Waals surface area contributed by atoms with E-state index < -0.39 is 0 Å². The van der Waals surface area contributed by atoms with Gasteiger partial charge in [0.2, 0.25) is 11.7 Å². The van der Waals surface area contributed by atoms with Gasteiger partial charge < -0.3 is 9.26 Å². The second-order valence-corrected chi connectivity index (χ2v) is 8.21. The third kappa shape index (κ3) is 4.12. The van der Waals surface area contributed by atoms with Gasteiger partial charge in [0.1, 0.15) is 12.3 Å². The van der Waals surface area contributed by atoms with Crippen LogP contribution in [0, 0.1) is 0 Å². The van der Waals surface area contributed by atoms with Crippen LogP contribution in [-0.2, 0) is 6.54 Å². The summed E-state index contributed by atoms with van der Waals surface area (Å²) in [5.74, 6) is 1.53. The molecule has 0 radical (unpaired) electrons. The first-order valence-corrected chi connectivity index (χ1v) is 11.5. The molecule has 0 aliphatic heterocycles. The highest BCUT2D eigenvalue weighted by molar-refractivity contribution is 7.98. The van der Waals surface area contributed by atoms with Crippen LogP contribution in [0.3, 0.4) is 0 Å². The Hall–Kier alpha value is -3.91. The van der Waals surface area contributed by atoms with Crippen LogP contribution in [0.1, 0.15) is 5.89 Å². The fourth-order valence-corrected chi connectivity index (χ4v) is 4.02. The predicted molar refractivity (Wildman–Crippen MR) is 129 cm³/mol. The Morgan fingerprint density at radius 3 is 2.33 bits per heavy atom. The molecular formula is C25H20N4O3S. The zero-order chi connectivity index (χ0) is 22.8. The zero-order valence-electron chi connectivity index (χ0n) is 18.1. The first-order valence-electron chi connectivity index (χ1n) is 10.3. The maximum atomic E-state index is 13.2. The van der Waals surface area contributed by atoms with E-state index in [0.29, 0.717) is 22.8 Å². The zero-order valence-corrected chi connectivity index (χ0v) is 18.9. The lowest BCUT2D eigenvalue weighted by atomic mass is 10.0. The van der Waals surface area contributed by atoms with Crippen molar-refractivity contribution in [3.05, 3.63) is 89.0 Å². The molecule has 3 aromatic carbocycles. The molecule has 5 aromatic rings. The summed E-state index contributed by atoms with van der Waals surface area (Å²) < 4.78 is 12.1. The molecular weight excluding hydrogens is 436 g/mol. The third-order valence-corrected chi connectivity index (χ3v) is 6.08. The second-order valence-electron chi connectivity index (χ2n) is 7.33. The summed E-state index contributed by atoms with van der Waals surface area (Å²) in [7, 11) is 1.62. The normalized spacial score (nSPS) is 11.1. The van der Waals surface area contributed by atoms with Crippen LogP contribution >= 0.6 is 11.8 Å². The summed E-state index contributed by atoms with van der Waals surface area (Å²) in [5, 5.41) is 10.1. The van der Waals surface area contributed by atoms with Gasteiger partial charge in [-0.05, 0) is 60.9 Å². The highest BCUT2D eigenvalue weighted by atomic mass is 32.2. The van der Waals surface area contributed by atoms with Gasteiger partial charge in [0, 0.05) is 21.4 Å². The Labute approximate surface area is 194 Å². The first kappa shape index (κ1) is 21.0. The standard InChI is InChI=1S/C25H20N4O3S/c1-31-18-11-7-16(8-12-18)23-20-5-3-4-6-21(20)25(30)29(27-23)15-22-26-24(28-32-22)17-9-13-19(33-2)14-10-17/h3-14H,15H2,1-2H3. The number of aromatic nitrogens is 4. The van der Waals surface area contributed by atoms with Gasteiger partial charge >= 0.3 is 0 Å². The Morgan fingerprint density at radius 2 is 1.64 bits per heavy atom. The number of methoxy groups -OCH3 is 1. The van der Waals surface area contributed by atoms with Crippen LogP contribution in [0.15, 0.2) is 87.0 Å². The minimum absolute atomic E-state index is 0.0721.